The minimum absolute atomic E-state index is 0.0612. The largest absolute Gasteiger partial charge is 0.331 e. The minimum atomic E-state index is -0.801. The zero-order valence-electron chi connectivity index (χ0n) is 7.24. The average Bonchev–Trinajstić information content (AvgIpc) is 2.22. The number of urea groups is 1. The predicted molar refractivity (Wildman–Crippen MR) is 42.6 cm³/mol. The van der Waals surface area contributed by atoms with Crippen LogP contribution in [0.5, 0.6) is 0 Å². The maximum atomic E-state index is 11.1. The smallest absolute Gasteiger partial charge is 0.269 e. The molecule has 70 valence electrons. The number of nitrogens with zero attached hydrogens (tertiary/aromatic N) is 1. The van der Waals surface area contributed by atoms with Crippen LogP contribution < -0.4 is 5.32 Å². The van der Waals surface area contributed by atoms with Crippen LogP contribution in [-0.2, 0) is 9.59 Å². The highest BCUT2D eigenvalue weighted by molar-refractivity contribution is 6.44. The Morgan fingerprint density at radius 1 is 1.31 bits per heavy atom. The number of hydrogen-bond donors (Lipinski definition) is 1. The summed E-state index contributed by atoms with van der Waals surface area (Å²) in [5.74, 6) is -0.965. The molecule has 1 aliphatic carbocycles. The van der Waals surface area contributed by atoms with Gasteiger partial charge >= 0.3 is 17.8 Å². The van der Waals surface area contributed by atoms with Crippen LogP contribution in [0.15, 0.2) is 0 Å². The van der Waals surface area contributed by atoms with Crippen LogP contribution in [0.4, 0.5) is 4.79 Å². The van der Waals surface area contributed by atoms with Gasteiger partial charge in [-0.3, -0.25) is 19.8 Å². The van der Waals surface area contributed by atoms with Crippen LogP contribution >= 0.6 is 0 Å². The van der Waals surface area contributed by atoms with Gasteiger partial charge in [-0.15, -0.1) is 0 Å². The molecule has 0 radical (unpaired) electrons. The van der Waals surface area contributed by atoms with Crippen molar-refractivity contribution in [2.75, 3.05) is 0 Å². The number of imide groups is 2. The van der Waals surface area contributed by atoms with Crippen molar-refractivity contribution in [3.05, 3.63) is 0 Å². The Bertz CT molecular complexity index is 294. The highest BCUT2D eigenvalue weighted by atomic mass is 16.2. The van der Waals surface area contributed by atoms with Crippen molar-refractivity contribution in [2.45, 2.75) is 25.8 Å². The van der Waals surface area contributed by atoms with Crippen LogP contribution in [-0.4, -0.2) is 28.8 Å². The van der Waals surface area contributed by atoms with E-state index in [0.717, 1.165) is 17.7 Å². The van der Waals surface area contributed by atoms with E-state index in [1.807, 2.05) is 5.32 Å². The van der Waals surface area contributed by atoms with Gasteiger partial charge in [0, 0.05) is 6.04 Å². The molecule has 5 heteroatoms. The molecule has 1 aliphatic heterocycles. The third-order valence-corrected chi connectivity index (χ3v) is 2.57. The van der Waals surface area contributed by atoms with Gasteiger partial charge in [0.2, 0.25) is 0 Å². The summed E-state index contributed by atoms with van der Waals surface area (Å²) in [7, 11) is 0. The van der Waals surface area contributed by atoms with Gasteiger partial charge in [0.15, 0.2) is 0 Å². The molecule has 0 atom stereocenters. The fourth-order valence-electron chi connectivity index (χ4n) is 1.81. The van der Waals surface area contributed by atoms with Gasteiger partial charge in [-0.05, 0) is 18.8 Å². The Kier molecular flexibility index (Phi) is 1.61. The highest BCUT2D eigenvalue weighted by Gasteiger charge is 2.45. The van der Waals surface area contributed by atoms with Gasteiger partial charge in [-0.2, -0.15) is 0 Å². The van der Waals surface area contributed by atoms with E-state index in [4.69, 9.17) is 0 Å². The summed E-state index contributed by atoms with van der Waals surface area (Å²) in [6.07, 6.45) is 1.62. The lowest BCUT2D eigenvalue weighted by molar-refractivity contribution is -0.142. The third-order valence-electron chi connectivity index (χ3n) is 2.57. The molecule has 2 aliphatic rings. The van der Waals surface area contributed by atoms with Gasteiger partial charge in [0.25, 0.3) is 0 Å². The van der Waals surface area contributed by atoms with Gasteiger partial charge in [-0.1, -0.05) is 6.92 Å². The van der Waals surface area contributed by atoms with E-state index < -0.39 is 17.8 Å². The Labute approximate surface area is 75.1 Å². The number of nitrogens with one attached hydrogen (secondary N) is 1. The second-order valence-corrected chi connectivity index (χ2v) is 3.66. The van der Waals surface area contributed by atoms with Gasteiger partial charge in [-0.25, -0.2) is 4.79 Å². The van der Waals surface area contributed by atoms with Crippen molar-refractivity contribution < 1.29 is 14.4 Å². The lowest BCUT2D eigenvalue weighted by atomic mass is 9.81. The van der Waals surface area contributed by atoms with E-state index in [2.05, 4.69) is 6.92 Å². The van der Waals surface area contributed by atoms with Crippen molar-refractivity contribution in [3.8, 4) is 0 Å². The SMILES string of the molecule is CC1CC(N2C(=O)NC(=O)C2=O)C1. The van der Waals surface area contributed by atoms with E-state index >= 15 is 0 Å². The van der Waals surface area contributed by atoms with Crippen molar-refractivity contribution in [1.29, 1.82) is 0 Å². The molecular weight excluding hydrogens is 172 g/mol. The fraction of sp³-hybridized carbons (Fsp3) is 0.625. The maximum absolute atomic E-state index is 11.1. The summed E-state index contributed by atoms with van der Waals surface area (Å²) in [4.78, 5) is 34.1. The monoisotopic (exact) mass is 182 g/mol. The normalized spacial score (nSPS) is 33.3. The molecule has 0 bridgehead atoms. The molecule has 1 heterocycles. The molecule has 0 aromatic rings. The molecular formula is C8H10N2O3. The topological polar surface area (TPSA) is 66.5 Å². The lowest BCUT2D eigenvalue weighted by Gasteiger charge is -2.36. The predicted octanol–water partition coefficient (Wildman–Crippen LogP) is -0.137. The summed E-state index contributed by atoms with van der Waals surface area (Å²) in [5, 5.41) is 1.98. The van der Waals surface area contributed by atoms with Crippen LogP contribution in [0.25, 0.3) is 0 Å². The summed E-state index contributed by atoms with van der Waals surface area (Å²) < 4.78 is 0. The number of carbonyl (C=O) groups excluding carboxylic acids is 3. The molecule has 0 spiro atoms. The molecule has 1 saturated carbocycles. The summed E-state index contributed by atoms with van der Waals surface area (Å²) >= 11 is 0. The molecule has 13 heavy (non-hydrogen) atoms. The highest BCUT2D eigenvalue weighted by Crippen LogP contribution is 2.32. The van der Waals surface area contributed by atoms with Crippen LogP contribution in [0.2, 0.25) is 0 Å². The van der Waals surface area contributed by atoms with E-state index in [1.54, 1.807) is 0 Å². The molecule has 2 rings (SSSR count). The summed E-state index contributed by atoms with van der Waals surface area (Å²) in [6, 6.07) is -0.624. The standard InChI is InChI=1S/C8H10N2O3/c1-4-2-5(3-4)10-7(12)6(11)9-8(10)13/h4-5H,2-3H2,1H3,(H,9,11,13). The van der Waals surface area contributed by atoms with E-state index in [0.29, 0.717) is 5.92 Å². The molecule has 0 unspecified atom stereocenters. The van der Waals surface area contributed by atoms with Crippen molar-refractivity contribution in [2.24, 2.45) is 5.92 Å². The number of rotatable bonds is 1. The average molecular weight is 182 g/mol. The maximum Gasteiger partial charge on any atom is 0.331 e. The first-order chi connectivity index (χ1) is 6.09. The quantitative estimate of drug-likeness (QED) is 0.453. The van der Waals surface area contributed by atoms with Crippen molar-refractivity contribution >= 4 is 17.8 Å². The molecule has 5 nitrogen and oxygen atoms in total. The second kappa shape index (κ2) is 2.55. The lowest BCUT2D eigenvalue weighted by Crippen LogP contribution is -2.47. The van der Waals surface area contributed by atoms with Gasteiger partial charge < -0.3 is 0 Å². The Balaban J connectivity index is 2.11. The van der Waals surface area contributed by atoms with Gasteiger partial charge in [0.05, 0.1) is 0 Å². The third kappa shape index (κ3) is 1.11. The van der Waals surface area contributed by atoms with Crippen molar-refractivity contribution in [1.82, 2.24) is 10.2 Å². The fourth-order valence-corrected chi connectivity index (χ4v) is 1.81. The molecule has 0 aromatic heterocycles. The zero-order valence-corrected chi connectivity index (χ0v) is 7.24. The van der Waals surface area contributed by atoms with Gasteiger partial charge in [0.1, 0.15) is 0 Å². The van der Waals surface area contributed by atoms with E-state index in [-0.39, 0.29) is 6.04 Å². The first-order valence-corrected chi connectivity index (χ1v) is 4.28. The summed E-state index contributed by atoms with van der Waals surface area (Å²) in [6.45, 7) is 2.05. The van der Waals surface area contributed by atoms with E-state index in [1.165, 1.54) is 0 Å². The molecule has 2 fully saturated rings. The zero-order chi connectivity index (χ0) is 9.59. The van der Waals surface area contributed by atoms with Crippen LogP contribution in [0, 0.1) is 5.92 Å². The second-order valence-electron chi connectivity index (χ2n) is 3.66. The number of amides is 4. The first kappa shape index (κ1) is 8.22. The number of carbonyl (C=O) groups is 3. The minimum Gasteiger partial charge on any atom is -0.269 e. The Morgan fingerprint density at radius 2 is 1.92 bits per heavy atom. The Morgan fingerprint density at radius 3 is 2.31 bits per heavy atom. The molecule has 4 amide bonds. The van der Waals surface area contributed by atoms with Crippen LogP contribution in [0.1, 0.15) is 19.8 Å². The summed E-state index contributed by atoms with van der Waals surface area (Å²) in [5.41, 5.74) is 0. The number of hydrogen-bond acceptors (Lipinski definition) is 3. The molecule has 1 saturated heterocycles. The first-order valence-electron chi connectivity index (χ1n) is 4.28. The van der Waals surface area contributed by atoms with Crippen molar-refractivity contribution in [3.63, 3.8) is 0 Å². The van der Waals surface area contributed by atoms with Crippen LogP contribution in [0.3, 0.4) is 0 Å². The Hall–Kier alpha value is -1.39. The van der Waals surface area contributed by atoms with E-state index in [9.17, 15) is 14.4 Å². The molecule has 0 aromatic carbocycles. The molecule has 1 N–H and O–H groups in total.